The quantitative estimate of drug-likeness (QED) is 0.203. The summed E-state index contributed by atoms with van der Waals surface area (Å²) < 4.78 is 48.9. The van der Waals surface area contributed by atoms with Crippen LogP contribution in [-0.4, -0.2) is 52.0 Å². The number of rotatable bonds is 6. The van der Waals surface area contributed by atoms with E-state index >= 15 is 0 Å². The first-order valence-corrected chi connectivity index (χ1v) is 8.79. The van der Waals surface area contributed by atoms with Crippen LogP contribution in [0, 0.1) is 11.8 Å². The molecule has 0 bridgehead atoms. The summed E-state index contributed by atoms with van der Waals surface area (Å²) in [6.07, 6.45) is -2.39. The molecule has 1 aliphatic rings. The molecule has 28 heavy (non-hydrogen) atoms. The summed E-state index contributed by atoms with van der Waals surface area (Å²) in [5.41, 5.74) is -0.381. The highest BCUT2D eigenvalue weighted by atomic mass is 127. The van der Waals surface area contributed by atoms with Crippen molar-refractivity contribution in [2.45, 2.75) is 25.1 Å². The number of ether oxygens (including phenoxy) is 2. The Labute approximate surface area is 180 Å². The van der Waals surface area contributed by atoms with Crippen molar-refractivity contribution in [1.82, 2.24) is 10.6 Å². The highest BCUT2D eigenvalue weighted by molar-refractivity contribution is 14.0. The second-order valence-electron chi connectivity index (χ2n) is 5.94. The Bertz CT molecular complexity index is 681. The molecule has 0 amide bonds. The number of hydrogen-bond donors (Lipinski definition) is 2. The molecule has 1 fully saturated rings. The van der Waals surface area contributed by atoms with Crippen molar-refractivity contribution in [2.24, 2.45) is 4.99 Å². The lowest BCUT2D eigenvalue weighted by molar-refractivity contribution is -0.137. The molecule has 1 atom stereocenters. The van der Waals surface area contributed by atoms with Gasteiger partial charge in [-0.05, 0) is 31.0 Å². The summed E-state index contributed by atoms with van der Waals surface area (Å²) in [6.45, 7) is 3.04. The van der Waals surface area contributed by atoms with Crippen LogP contribution in [0.25, 0.3) is 0 Å². The number of aliphatic imine (C=N–C) groups is 1. The topological polar surface area (TPSA) is 54.9 Å². The average Bonchev–Trinajstić information content (AvgIpc) is 3.16. The SMILES string of the molecule is CN=C(NCC#Cc1cccc(C(F)(F)F)c1)NCCCOC1CCOC1.I. The predicted octanol–water partition coefficient (Wildman–Crippen LogP) is 3.04. The molecular formula is C19H25F3IN3O2. The van der Waals surface area contributed by atoms with Crippen molar-refractivity contribution in [1.29, 1.82) is 0 Å². The van der Waals surface area contributed by atoms with Gasteiger partial charge in [0.25, 0.3) is 0 Å². The molecule has 156 valence electrons. The molecule has 1 aliphatic heterocycles. The standard InChI is InChI=1S/C19H24F3N3O2.HI/c1-23-18(25-10-4-11-27-17-8-12-26-14-17)24-9-3-6-15-5-2-7-16(13-15)19(20,21)22;/h2,5,7,13,17H,4,8-12,14H2,1H3,(H2,23,24,25);1H. The van der Waals surface area contributed by atoms with E-state index in [4.69, 9.17) is 9.47 Å². The van der Waals surface area contributed by atoms with Crippen molar-refractivity contribution in [3.8, 4) is 11.8 Å². The number of guanidine groups is 1. The molecule has 2 N–H and O–H groups in total. The summed E-state index contributed by atoms with van der Waals surface area (Å²) in [5, 5.41) is 6.13. The smallest absolute Gasteiger partial charge is 0.379 e. The van der Waals surface area contributed by atoms with Crippen LogP contribution in [0.3, 0.4) is 0 Å². The highest BCUT2D eigenvalue weighted by Gasteiger charge is 2.30. The second kappa shape index (κ2) is 12.9. The fourth-order valence-corrected chi connectivity index (χ4v) is 2.44. The Balaban J connectivity index is 0.00000392. The molecule has 0 radical (unpaired) electrons. The maximum absolute atomic E-state index is 12.7. The van der Waals surface area contributed by atoms with E-state index in [1.54, 1.807) is 13.1 Å². The Morgan fingerprint density at radius 2 is 2.18 bits per heavy atom. The minimum absolute atomic E-state index is 0. The van der Waals surface area contributed by atoms with Crippen LogP contribution in [0.1, 0.15) is 24.0 Å². The zero-order valence-electron chi connectivity index (χ0n) is 15.6. The third-order valence-electron chi connectivity index (χ3n) is 3.85. The summed E-state index contributed by atoms with van der Waals surface area (Å²) in [4.78, 5) is 4.07. The summed E-state index contributed by atoms with van der Waals surface area (Å²) in [6, 6.07) is 4.96. The molecule has 2 rings (SSSR count). The highest BCUT2D eigenvalue weighted by Crippen LogP contribution is 2.29. The Kier molecular flexibility index (Phi) is 11.3. The summed E-state index contributed by atoms with van der Waals surface area (Å²) in [7, 11) is 1.64. The number of nitrogens with one attached hydrogen (secondary N) is 2. The molecule has 0 aliphatic carbocycles. The van der Waals surface area contributed by atoms with Gasteiger partial charge in [0.15, 0.2) is 5.96 Å². The van der Waals surface area contributed by atoms with Crippen LogP contribution in [0.5, 0.6) is 0 Å². The fraction of sp³-hybridized carbons (Fsp3) is 0.526. The van der Waals surface area contributed by atoms with Gasteiger partial charge in [-0.1, -0.05) is 17.9 Å². The van der Waals surface area contributed by atoms with Crippen LogP contribution in [-0.2, 0) is 15.7 Å². The van der Waals surface area contributed by atoms with Gasteiger partial charge in [-0.15, -0.1) is 24.0 Å². The molecule has 1 unspecified atom stereocenters. The van der Waals surface area contributed by atoms with Crippen molar-refractivity contribution >= 4 is 29.9 Å². The van der Waals surface area contributed by atoms with E-state index in [2.05, 4.69) is 27.5 Å². The first kappa shape index (κ1) is 24.5. The average molecular weight is 511 g/mol. The van der Waals surface area contributed by atoms with Gasteiger partial charge in [-0.25, -0.2) is 0 Å². The minimum atomic E-state index is -4.36. The fourth-order valence-electron chi connectivity index (χ4n) is 2.44. The van der Waals surface area contributed by atoms with Crippen LogP contribution in [0.4, 0.5) is 13.2 Å². The lowest BCUT2D eigenvalue weighted by Gasteiger charge is -2.12. The van der Waals surface area contributed by atoms with Crippen LogP contribution in [0.2, 0.25) is 0 Å². The van der Waals surface area contributed by atoms with E-state index in [-0.39, 0.29) is 36.6 Å². The number of nitrogens with zero attached hydrogens (tertiary/aromatic N) is 1. The molecule has 1 saturated heterocycles. The van der Waals surface area contributed by atoms with Crippen LogP contribution in [0.15, 0.2) is 29.3 Å². The molecule has 1 aromatic rings. The van der Waals surface area contributed by atoms with E-state index in [9.17, 15) is 13.2 Å². The third kappa shape index (κ3) is 9.12. The van der Waals surface area contributed by atoms with Crippen molar-refractivity contribution in [3.63, 3.8) is 0 Å². The number of halogens is 4. The normalized spacial score (nSPS) is 16.7. The van der Waals surface area contributed by atoms with Crippen molar-refractivity contribution in [3.05, 3.63) is 35.4 Å². The number of alkyl halides is 3. The Morgan fingerprint density at radius 3 is 2.86 bits per heavy atom. The zero-order chi connectivity index (χ0) is 19.5. The molecular weight excluding hydrogens is 486 g/mol. The van der Waals surface area contributed by atoms with E-state index in [0.717, 1.165) is 31.6 Å². The third-order valence-corrected chi connectivity index (χ3v) is 3.85. The molecule has 0 saturated carbocycles. The van der Waals surface area contributed by atoms with Gasteiger partial charge in [-0.3, -0.25) is 4.99 Å². The van der Waals surface area contributed by atoms with Gasteiger partial charge >= 0.3 is 6.18 Å². The van der Waals surface area contributed by atoms with E-state index in [0.29, 0.717) is 31.3 Å². The lowest BCUT2D eigenvalue weighted by atomic mass is 10.1. The molecule has 1 heterocycles. The van der Waals surface area contributed by atoms with Gasteiger partial charge in [0.1, 0.15) is 0 Å². The Morgan fingerprint density at radius 1 is 1.36 bits per heavy atom. The maximum Gasteiger partial charge on any atom is 0.416 e. The lowest BCUT2D eigenvalue weighted by Crippen LogP contribution is -2.38. The minimum Gasteiger partial charge on any atom is -0.379 e. The molecule has 1 aromatic carbocycles. The van der Waals surface area contributed by atoms with E-state index in [1.807, 2.05) is 0 Å². The zero-order valence-corrected chi connectivity index (χ0v) is 18.0. The van der Waals surface area contributed by atoms with Gasteiger partial charge in [0, 0.05) is 32.4 Å². The van der Waals surface area contributed by atoms with Gasteiger partial charge in [0.05, 0.1) is 24.8 Å². The van der Waals surface area contributed by atoms with Gasteiger partial charge in [0.2, 0.25) is 0 Å². The largest absolute Gasteiger partial charge is 0.416 e. The van der Waals surface area contributed by atoms with Crippen LogP contribution < -0.4 is 10.6 Å². The number of hydrogen-bond acceptors (Lipinski definition) is 3. The van der Waals surface area contributed by atoms with Crippen molar-refractivity contribution in [2.75, 3.05) is 40.0 Å². The predicted molar refractivity (Wildman–Crippen MR) is 113 cm³/mol. The summed E-state index contributed by atoms with van der Waals surface area (Å²) in [5.74, 6) is 6.09. The maximum atomic E-state index is 12.7. The van der Waals surface area contributed by atoms with E-state index < -0.39 is 11.7 Å². The molecule has 9 heteroatoms. The first-order chi connectivity index (χ1) is 13.0. The van der Waals surface area contributed by atoms with Crippen LogP contribution >= 0.6 is 24.0 Å². The first-order valence-electron chi connectivity index (χ1n) is 8.79. The Hall–Kier alpha value is -1.51. The molecule has 0 aromatic heterocycles. The van der Waals surface area contributed by atoms with Crippen molar-refractivity contribution < 1.29 is 22.6 Å². The molecule has 5 nitrogen and oxygen atoms in total. The number of benzene rings is 1. The monoisotopic (exact) mass is 511 g/mol. The molecule has 0 spiro atoms. The second-order valence-corrected chi connectivity index (χ2v) is 5.94. The summed E-state index contributed by atoms with van der Waals surface area (Å²) >= 11 is 0. The van der Waals surface area contributed by atoms with Gasteiger partial charge < -0.3 is 20.1 Å². The van der Waals surface area contributed by atoms with Gasteiger partial charge in [-0.2, -0.15) is 13.2 Å². The van der Waals surface area contributed by atoms with E-state index in [1.165, 1.54) is 6.07 Å².